The summed E-state index contributed by atoms with van der Waals surface area (Å²) >= 11 is 0. The Hall–Kier alpha value is -1.48. The number of nitrogens with one attached hydrogen (secondary N) is 1. The van der Waals surface area contributed by atoms with E-state index in [1.54, 1.807) is 6.08 Å². The van der Waals surface area contributed by atoms with E-state index < -0.39 is 36.3 Å². The van der Waals surface area contributed by atoms with Crippen LogP contribution in [0.1, 0.15) is 96.8 Å². The minimum Gasteiger partial charge on any atom is -0.479 e. The topological polar surface area (TPSA) is 147 Å². The number of allylic oxidation sites excluding steroid dienone is 1. The van der Waals surface area contributed by atoms with E-state index in [-0.39, 0.29) is 0 Å². The number of amides is 1. The van der Waals surface area contributed by atoms with Crippen LogP contribution in [0, 0.1) is 0 Å². The van der Waals surface area contributed by atoms with Crippen molar-refractivity contribution < 1.29 is 35.1 Å². The third-order valence-electron chi connectivity index (χ3n) is 5.34. The van der Waals surface area contributed by atoms with Gasteiger partial charge in [-0.15, -0.1) is 0 Å². The SMILES string of the molecule is CCCCCCCCCCCCCCCC=CNC(=O)C(O)C(O)C(O)C(O)C(=O)O. The number of rotatable bonds is 20. The highest BCUT2D eigenvalue weighted by molar-refractivity contribution is 5.82. The monoisotopic (exact) mass is 445 g/mol. The molecule has 4 unspecified atom stereocenters. The van der Waals surface area contributed by atoms with Crippen LogP contribution in [0.3, 0.4) is 0 Å². The summed E-state index contributed by atoms with van der Waals surface area (Å²) in [5.74, 6) is -2.76. The molecule has 0 rings (SSSR count). The maximum Gasteiger partial charge on any atom is 0.335 e. The van der Waals surface area contributed by atoms with Crippen molar-refractivity contribution in [1.82, 2.24) is 5.32 Å². The fourth-order valence-electron chi connectivity index (χ4n) is 3.26. The molecule has 0 aliphatic rings. The van der Waals surface area contributed by atoms with Gasteiger partial charge < -0.3 is 30.8 Å². The van der Waals surface area contributed by atoms with Crippen LogP contribution in [0.15, 0.2) is 12.3 Å². The highest BCUT2D eigenvalue weighted by Gasteiger charge is 2.37. The minimum absolute atomic E-state index is 0.761. The van der Waals surface area contributed by atoms with Gasteiger partial charge in [0.15, 0.2) is 12.2 Å². The largest absolute Gasteiger partial charge is 0.479 e. The van der Waals surface area contributed by atoms with Gasteiger partial charge >= 0.3 is 5.97 Å². The van der Waals surface area contributed by atoms with E-state index in [2.05, 4.69) is 12.2 Å². The van der Waals surface area contributed by atoms with Crippen molar-refractivity contribution in [2.75, 3.05) is 0 Å². The smallest absolute Gasteiger partial charge is 0.335 e. The number of carbonyl (C=O) groups excluding carboxylic acids is 1. The van der Waals surface area contributed by atoms with Gasteiger partial charge in [-0.05, 0) is 19.0 Å². The Balaban J connectivity index is 3.67. The summed E-state index contributed by atoms with van der Waals surface area (Å²) in [6.45, 7) is 2.24. The Labute approximate surface area is 186 Å². The van der Waals surface area contributed by atoms with Crippen LogP contribution in [0.25, 0.3) is 0 Å². The van der Waals surface area contributed by atoms with E-state index in [0.717, 1.165) is 19.3 Å². The van der Waals surface area contributed by atoms with Crippen LogP contribution in [-0.2, 0) is 9.59 Å². The van der Waals surface area contributed by atoms with Crippen LogP contribution in [0.5, 0.6) is 0 Å². The highest BCUT2D eigenvalue weighted by Crippen LogP contribution is 2.13. The normalized spacial score (nSPS) is 15.5. The van der Waals surface area contributed by atoms with Gasteiger partial charge in [-0.1, -0.05) is 90.0 Å². The summed E-state index contributed by atoms with van der Waals surface area (Å²) in [5.41, 5.74) is 0. The molecule has 0 spiro atoms. The lowest BCUT2D eigenvalue weighted by molar-refractivity contribution is -0.166. The summed E-state index contributed by atoms with van der Waals surface area (Å²) in [7, 11) is 0. The maximum atomic E-state index is 11.7. The van der Waals surface area contributed by atoms with Crippen molar-refractivity contribution in [2.24, 2.45) is 0 Å². The summed E-state index contributed by atoms with van der Waals surface area (Å²) in [5, 5.41) is 48.7. The first-order valence-corrected chi connectivity index (χ1v) is 11.7. The van der Waals surface area contributed by atoms with Gasteiger partial charge in [-0.3, -0.25) is 4.79 Å². The van der Waals surface area contributed by atoms with E-state index >= 15 is 0 Å². The first-order chi connectivity index (χ1) is 14.8. The molecule has 8 nitrogen and oxygen atoms in total. The van der Waals surface area contributed by atoms with E-state index in [0.29, 0.717) is 0 Å². The van der Waals surface area contributed by atoms with Gasteiger partial charge in [0.2, 0.25) is 0 Å². The maximum absolute atomic E-state index is 11.7. The predicted molar refractivity (Wildman–Crippen MR) is 119 cm³/mol. The van der Waals surface area contributed by atoms with Crippen LogP contribution >= 0.6 is 0 Å². The Bertz CT molecular complexity index is 498. The number of aliphatic hydroxyl groups is 4. The average Bonchev–Trinajstić information content (AvgIpc) is 2.76. The zero-order valence-corrected chi connectivity index (χ0v) is 18.9. The van der Waals surface area contributed by atoms with Crippen LogP contribution in [0.2, 0.25) is 0 Å². The van der Waals surface area contributed by atoms with Crippen LogP contribution in [0.4, 0.5) is 0 Å². The third-order valence-corrected chi connectivity index (χ3v) is 5.34. The van der Waals surface area contributed by atoms with Crippen LogP contribution < -0.4 is 5.32 Å². The zero-order valence-electron chi connectivity index (χ0n) is 18.9. The van der Waals surface area contributed by atoms with Crippen molar-refractivity contribution >= 4 is 11.9 Å². The zero-order chi connectivity index (χ0) is 23.5. The number of aliphatic carboxylic acids is 1. The predicted octanol–water partition coefficient (Wildman–Crippen LogP) is 2.63. The number of carboxylic acid groups (broad SMARTS) is 1. The van der Waals surface area contributed by atoms with Crippen molar-refractivity contribution in [3.8, 4) is 0 Å². The molecule has 0 saturated carbocycles. The Morgan fingerprint density at radius 2 is 1.13 bits per heavy atom. The number of unbranched alkanes of at least 4 members (excludes halogenated alkanes) is 13. The summed E-state index contributed by atoms with van der Waals surface area (Å²) in [6.07, 6.45) is 11.7. The summed E-state index contributed by atoms with van der Waals surface area (Å²) in [4.78, 5) is 22.3. The lowest BCUT2D eigenvalue weighted by Crippen LogP contribution is -2.52. The molecule has 6 N–H and O–H groups in total. The number of aliphatic hydroxyl groups excluding tert-OH is 4. The highest BCUT2D eigenvalue weighted by atomic mass is 16.4. The number of hydrogen-bond donors (Lipinski definition) is 6. The molecule has 0 aromatic heterocycles. The van der Waals surface area contributed by atoms with Gasteiger partial charge in [-0.2, -0.15) is 0 Å². The van der Waals surface area contributed by atoms with Crippen LogP contribution in [-0.4, -0.2) is 61.8 Å². The lowest BCUT2D eigenvalue weighted by atomic mass is 10.0. The standard InChI is InChI=1S/C23H43NO7/c1-2-3-4-5-6-7-8-9-10-11-12-13-14-15-16-17-24-22(29)20(27)18(25)19(26)21(28)23(30)31/h16-21,25-28H,2-15H2,1H3,(H,24,29)(H,30,31). The first-order valence-electron chi connectivity index (χ1n) is 11.7. The molecule has 0 saturated heterocycles. The van der Waals surface area contributed by atoms with Crippen molar-refractivity contribution in [1.29, 1.82) is 0 Å². The second-order valence-electron chi connectivity index (χ2n) is 8.15. The number of hydrogen-bond acceptors (Lipinski definition) is 6. The number of carboxylic acids is 1. The van der Waals surface area contributed by atoms with Crippen molar-refractivity contribution in [3.05, 3.63) is 12.3 Å². The van der Waals surface area contributed by atoms with Gasteiger partial charge in [0.25, 0.3) is 5.91 Å². The third kappa shape index (κ3) is 15.0. The van der Waals surface area contributed by atoms with E-state index in [1.807, 2.05) is 0 Å². The molecule has 4 atom stereocenters. The van der Waals surface area contributed by atoms with Gasteiger partial charge in [0.05, 0.1) is 0 Å². The van der Waals surface area contributed by atoms with Gasteiger partial charge in [0.1, 0.15) is 12.2 Å². The lowest BCUT2D eigenvalue weighted by Gasteiger charge is -2.23. The molecule has 0 fully saturated rings. The quantitative estimate of drug-likeness (QED) is 0.158. The fraction of sp³-hybridized carbons (Fsp3) is 0.826. The summed E-state index contributed by atoms with van der Waals surface area (Å²) in [6, 6.07) is 0. The molecular formula is C23H43NO7. The van der Waals surface area contributed by atoms with E-state index in [9.17, 15) is 24.9 Å². The molecule has 0 bridgehead atoms. The first kappa shape index (κ1) is 29.5. The van der Waals surface area contributed by atoms with E-state index in [1.165, 1.54) is 76.8 Å². The molecule has 0 aromatic rings. The van der Waals surface area contributed by atoms with E-state index in [4.69, 9.17) is 10.2 Å². The average molecular weight is 446 g/mol. The second-order valence-corrected chi connectivity index (χ2v) is 8.15. The molecule has 0 aromatic carbocycles. The van der Waals surface area contributed by atoms with Gasteiger partial charge in [-0.25, -0.2) is 4.79 Å². The molecule has 31 heavy (non-hydrogen) atoms. The van der Waals surface area contributed by atoms with Gasteiger partial charge in [0, 0.05) is 0 Å². The Morgan fingerprint density at radius 1 is 0.710 bits per heavy atom. The molecule has 8 heteroatoms. The Kier molecular flexibility index (Phi) is 18.3. The molecule has 0 aliphatic carbocycles. The second kappa shape index (κ2) is 19.2. The molecule has 0 radical (unpaired) electrons. The fourth-order valence-corrected chi connectivity index (χ4v) is 3.26. The minimum atomic E-state index is -2.30. The Morgan fingerprint density at radius 3 is 1.58 bits per heavy atom. The molecule has 182 valence electrons. The molecule has 0 aliphatic heterocycles. The molecule has 0 heterocycles. The molecule has 1 amide bonds. The summed E-state index contributed by atoms with van der Waals surface area (Å²) < 4.78 is 0. The van der Waals surface area contributed by atoms with Crippen molar-refractivity contribution in [3.63, 3.8) is 0 Å². The molecular weight excluding hydrogens is 402 g/mol. The van der Waals surface area contributed by atoms with Crippen molar-refractivity contribution in [2.45, 2.75) is 121 Å². The number of carbonyl (C=O) groups is 2.